The molecule has 7 nitrogen and oxygen atoms in total. The number of hydrogen-bond acceptors (Lipinski definition) is 5. The molecule has 0 unspecified atom stereocenters. The molecular weight excluding hydrogens is 412 g/mol. The summed E-state index contributed by atoms with van der Waals surface area (Å²) in [5.74, 6) is 0.606. The zero-order chi connectivity index (χ0) is 22.0. The Morgan fingerprint density at radius 3 is 2.45 bits per heavy atom. The quantitative estimate of drug-likeness (QED) is 0.499. The molecule has 4 aromatic rings. The maximum Gasteiger partial charge on any atom is 0.271 e. The fourth-order valence-corrected chi connectivity index (χ4v) is 4.01. The first-order chi connectivity index (χ1) is 14.9. The number of nitrogens with one attached hydrogen (secondary N) is 1. The van der Waals surface area contributed by atoms with Gasteiger partial charge < -0.3 is 15.0 Å². The fraction of sp³-hybridized carbons (Fsp3) is 0.174. The normalized spacial score (nSPS) is 10.8. The highest BCUT2D eigenvalue weighted by Crippen LogP contribution is 2.25. The van der Waals surface area contributed by atoms with E-state index in [-0.39, 0.29) is 18.2 Å². The lowest BCUT2D eigenvalue weighted by Crippen LogP contribution is -2.22. The number of fused-ring (bicyclic) bond motifs is 1. The van der Waals surface area contributed by atoms with Gasteiger partial charge in [-0.25, -0.2) is 4.98 Å². The fourth-order valence-electron chi connectivity index (χ4n) is 3.16. The summed E-state index contributed by atoms with van der Waals surface area (Å²) in [5, 5.41) is 4.73. The highest BCUT2D eigenvalue weighted by molar-refractivity contribution is 7.15. The van der Waals surface area contributed by atoms with Gasteiger partial charge in [0.1, 0.15) is 11.4 Å². The summed E-state index contributed by atoms with van der Waals surface area (Å²) in [6.07, 6.45) is 2.14. The van der Waals surface area contributed by atoms with Gasteiger partial charge >= 0.3 is 0 Å². The predicted molar refractivity (Wildman–Crippen MR) is 122 cm³/mol. The van der Waals surface area contributed by atoms with Crippen molar-refractivity contribution < 1.29 is 14.3 Å². The zero-order valence-corrected chi connectivity index (χ0v) is 18.3. The minimum atomic E-state index is -0.0905. The molecule has 2 amide bonds. The molecule has 0 fully saturated rings. The van der Waals surface area contributed by atoms with Crippen molar-refractivity contribution in [3.63, 3.8) is 0 Å². The number of methoxy groups -OCH3 is 1. The Kier molecular flexibility index (Phi) is 5.73. The monoisotopic (exact) mass is 434 g/mol. The van der Waals surface area contributed by atoms with E-state index in [9.17, 15) is 9.59 Å². The van der Waals surface area contributed by atoms with E-state index in [0.717, 1.165) is 27.5 Å². The van der Waals surface area contributed by atoms with Crippen molar-refractivity contribution in [3.05, 3.63) is 71.4 Å². The third kappa shape index (κ3) is 4.44. The number of imidazole rings is 1. The van der Waals surface area contributed by atoms with E-state index in [1.165, 1.54) is 11.3 Å². The van der Waals surface area contributed by atoms with E-state index in [1.54, 1.807) is 26.1 Å². The van der Waals surface area contributed by atoms with Gasteiger partial charge in [-0.15, -0.1) is 11.3 Å². The number of thiazole rings is 1. The second-order valence-corrected chi connectivity index (χ2v) is 8.09. The lowest BCUT2D eigenvalue weighted by atomic mass is 10.1. The molecule has 2 aromatic heterocycles. The minimum absolute atomic E-state index is 0.0647. The first kappa shape index (κ1) is 20.6. The van der Waals surface area contributed by atoms with Crippen LogP contribution in [-0.2, 0) is 11.2 Å². The number of hydrogen-bond donors (Lipinski definition) is 1. The highest BCUT2D eigenvalue weighted by Gasteiger charge is 2.16. The average Bonchev–Trinajstić information content (AvgIpc) is 3.35. The van der Waals surface area contributed by atoms with E-state index in [4.69, 9.17) is 4.74 Å². The second-order valence-electron chi connectivity index (χ2n) is 7.25. The van der Waals surface area contributed by atoms with E-state index >= 15 is 0 Å². The number of benzene rings is 2. The number of amides is 2. The Bertz CT molecular complexity index is 1220. The number of carbonyl (C=O) groups is 2. The number of ether oxygens (including phenoxy) is 1. The highest BCUT2D eigenvalue weighted by atomic mass is 32.1. The molecular formula is C23H22N4O3S. The van der Waals surface area contributed by atoms with E-state index < -0.39 is 0 Å². The first-order valence-corrected chi connectivity index (χ1v) is 10.5. The molecule has 0 radical (unpaired) electrons. The van der Waals surface area contributed by atoms with Crippen molar-refractivity contribution in [2.75, 3.05) is 26.5 Å². The van der Waals surface area contributed by atoms with E-state index in [2.05, 4.69) is 10.3 Å². The Balaban J connectivity index is 1.45. The molecule has 0 aliphatic rings. The van der Waals surface area contributed by atoms with Crippen LogP contribution in [0.4, 0.5) is 5.69 Å². The van der Waals surface area contributed by atoms with Crippen LogP contribution in [0, 0.1) is 0 Å². The molecule has 0 bridgehead atoms. The Labute approximate surface area is 183 Å². The van der Waals surface area contributed by atoms with Gasteiger partial charge in [-0.1, -0.05) is 24.3 Å². The minimum Gasteiger partial charge on any atom is -0.497 e. The van der Waals surface area contributed by atoms with Crippen molar-refractivity contribution in [1.29, 1.82) is 0 Å². The second kappa shape index (κ2) is 8.61. The van der Waals surface area contributed by atoms with Gasteiger partial charge in [0, 0.05) is 36.9 Å². The van der Waals surface area contributed by atoms with E-state index in [0.29, 0.717) is 11.4 Å². The van der Waals surface area contributed by atoms with Crippen LogP contribution in [0.2, 0.25) is 0 Å². The van der Waals surface area contributed by atoms with Crippen LogP contribution in [0.25, 0.3) is 16.2 Å². The van der Waals surface area contributed by atoms with Crippen molar-refractivity contribution >= 4 is 33.8 Å². The third-order valence-electron chi connectivity index (χ3n) is 4.82. The predicted octanol–water partition coefficient (Wildman–Crippen LogP) is 3.95. The van der Waals surface area contributed by atoms with Crippen LogP contribution in [0.3, 0.4) is 0 Å². The van der Waals surface area contributed by atoms with E-state index in [1.807, 2.05) is 64.5 Å². The number of nitrogens with zero attached hydrogens (tertiary/aromatic N) is 3. The zero-order valence-electron chi connectivity index (χ0n) is 17.5. The summed E-state index contributed by atoms with van der Waals surface area (Å²) in [5.41, 5.74) is 3.90. The lowest BCUT2D eigenvalue weighted by molar-refractivity contribution is -0.115. The molecule has 0 saturated heterocycles. The number of rotatable bonds is 6. The maximum atomic E-state index is 12.3. The topological polar surface area (TPSA) is 75.9 Å². The third-order valence-corrected chi connectivity index (χ3v) is 5.66. The maximum absolute atomic E-state index is 12.3. The number of aromatic nitrogens is 2. The van der Waals surface area contributed by atoms with Gasteiger partial charge in [0.2, 0.25) is 5.91 Å². The van der Waals surface area contributed by atoms with Crippen molar-refractivity contribution in [2.24, 2.45) is 0 Å². The summed E-state index contributed by atoms with van der Waals surface area (Å²) in [6.45, 7) is 0. The molecule has 0 spiro atoms. The molecule has 158 valence electrons. The van der Waals surface area contributed by atoms with Crippen LogP contribution >= 0.6 is 11.3 Å². The SMILES string of the molecule is COc1ccc(CC(=O)Nc2ccc(-c3cn4c(C(=O)N(C)C)csc4n3)cc2)cc1. The molecule has 8 heteroatoms. The molecule has 0 saturated carbocycles. The Morgan fingerprint density at radius 1 is 1.10 bits per heavy atom. The standard InChI is InChI=1S/C23H22N4O3S/c1-26(2)22(29)20-14-31-23-25-19(13-27(20)23)16-6-8-17(9-7-16)24-21(28)12-15-4-10-18(30-3)11-5-15/h4-11,13-14H,12H2,1-3H3,(H,24,28). The summed E-state index contributed by atoms with van der Waals surface area (Å²) in [7, 11) is 5.07. The average molecular weight is 435 g/mol. The van der Waals surface area contributed by atoms with Crippen LogP contribution < -0.4 is 10.1 Å². The summed E-state index contributed by atoms with van der Waals surface area (Å²) in [4.78, 5) is 31.6. The molecule has 1 N–H and O–H groups in total. The summed E-state index contributed by atoms with van der Waals surface area (Å²) >= 11 is 1.43. The molecule has 31 heavy (non-hydrogen) atoms. The van der Waals surface area contributed by atoms with Crippen molar-refractivity contribution in [3.8, 4) is 17.0 Å². The Morgan fingerprint density at radius 2 is 1.81 bits per heavy atom. The summed E-state index contributed by atoms with van der Waals surface area (Å²) < 4.78 is 6.95. The molecule has 2 aromatic carbocycles. The molecule has 0 aliphatic carbocycles. The number of anilines is 1. The van der Waals surface area contributed by atoms with Gasteiger partial charge in [-0.2, -0.15) is 0 Å². The first-order valence-electron chi connectivity index (χ1n) is 9.66. The van der Waals surface area contributed by atoms with Crippen molar-refractivity contribution in [1.82, 2.24) is 14.3 Å². The Hall–Kier alpha value is -3.65. The summed E-state index contributed by atoms with van der Waals surface area (Å²) in [6, 6.07) is 14.9. The molecule has 0 atom stereocenters. The van der Waals surface area contributed by atoms with Crippen LogP contribution in [0.15, 0.2) is 60.1 Å². The van der Waals surface area contributed by atoms with Gasteiger partial charge in [0.05, 0.1) is 19.2 Å². The van der Waals surface area contributed by atoms with Gasteiger partial charge in [0.25, 0.3) is 5.91 Å². The van der Waals surface area contributed by atoms with Crippen molar-refractivity contribution in [2.45, 2.75) is 6.42 Å². The lowest BCUT2D eigenvalue weighted by Gasteiger charge is -2.08. The molecule has 2 heterocycles. The number of carbonyl (C=O) groups excluding carboxylic acids is 2. The van der Waals surface area contributed by atoms with Gasteiger partial charge in [-0.3, -0.25) is 14.0 Å². The molecule has 4 rings (SSSR count). The largest absolute Gasteiger partial charge is 0.497 e. The smallest absolute Gasteiger partial charge is 0.271 e. The van der Waals surface area contributed by atoms with Crippen LogP contribution in [0.5, 0.6) is 5.75 Å². The molecule has 0 aliphatic heterocycles. The van der Waals surface area contributed by atoms with Gasteiger partial charge in [0.15, 0.2) is 4.96 Å². The van der Waals surface area contributed by atoms with Crippen LogP contribution in [0.1, 0.15) is 16.1 Å². The van der Waals surface area contributed by atoms with Crippen LogP contribution in [-0.4, -0.2) is 47.3 Å². The van der Waals surface area contributed by atoms with Gasteiger partial charge in [-0.05, 0) is 29.8 Å².